The van der Waals surface area contributed by atoms with Crippen LogP contribution in [-0.4, -0.2) is 34.6 Å². The zero-order chi connectivity index (χ0) is 17.1. The highest BCUT2D eigenvalue weighted by atomic mass is 16.5. The SMILES string of the molecule is Cc1ccn(CC(=O)N2C[C@H](C)OC[C@@H]2c2ccccc2)c(=O)c1. The lowest BCUT2D eigenvalue weighted by atomic mass is 10.0. The lowest BCUT2D eigenvalue weighted by molar-refractivity contribution is -0.145. The van der Waals surface area contributed by atoms with E-state index in [4.69, 9.17) is 4.74 Å². The van der Waals surface area contributed by atoms with Crippen LogP contribution in [0.3, 0.4) is 0 Å². The van der Waals surface area contributed by atoms with Gasteiger partial charge in [-0.2, -0.15) is 0 Å². The van der Waals surface area contributed by atoms with Crippen LogP contribution in [0.15, 0.2) is 53.5 Å². The van der Waals surface area contributed by atoms with Gasteiger partial charge in [-0.25, -0.2) is 0 Å². The molecule has 0 radical (unpaired) electrons. The molecule has 1 amide bonds. The number of aromatic nitrogens is 1. The number of pyridine rings is 1. The molecule has 5 nitrogen and oxygen atoms in total. The van der Waals surface area contributed by atoms with Crippen LogP contribution >= 0.6 is 0 Å². The molecule has 1 aromatic carbocycles. The number of carbonyl (C=O) groups excluding carboxylic acids is 1. The lowest BCUT2D eigenvalue weighted by Crippen LogP contribution is -2.48. The molecule has 0 saturated carbocycles. The fourth-order valence-corrected chi connectivity index (χ4v) is 3.00. The standard InChI is InChI=1S/C19H22N2O3/c1-14-8-9-20(18(22)10-14)12-19(23)21-11-15(2)24-13-17(21)16-6-4-3-5-7-16/h3-10,15,17H,11-13H2,1-2H3/t15-,17+/m0/s1. The van der Waals surface area contributed by atoms with E-state index in [-0.39, 0.29) is 30.2 Å². The highest BCUT2D eigenvalue weighted by molar-refractivity contribution is 5.76. The molecule has 0 N–H and O–H groups in total. The van der Waals surface area contributed by atoms with Crippen molar-refractivity contribution < 1.29 is 9.53 Å². The van der Waals surface area contributed by atoms with Gasteiger partial charge in [-0.1, -0.05) is 30.3 Å². The molecule has 0 unspecified atom stereocenters. The average molecular weight is 326 g/mol. The molecule has 1 saturated heterocycles. The first kappa shape index (κ1) is 16.5. The first-order chi connectivity index (χ1) is 11.5. The number of morpholine rings is 1. The second-order valence-corrected chi connectivity index (χ2v) is 6.29. The van der Waals surface area contributed by atoms with Gasteiger partial charge in [0.15, 0.2) is 0 Å². The normalized spacial score (nSPS) is 20.8. The van der Waals surface area contributed by atoms with Gasteiger partial charge in [0.25, 0.3) is 5.56 Å². The Labute approximate surface area is 141 Å². The fraction of sp³-hybridized carbons (Fsp3) is 0.368. The number of benzene rings is 1. The van der Waals surface area contributed by atoms with Gasteiger partial charge in [0.2, 0.25) is 5.91 Å². The summed E-state index contributed by atoms with van der Waals surface area (Å²) in [6.45, 7) is 4.87. The Hall–Kier alpha value is -2.40. The minimum absolute atomic E-state index is 0.0105. The molecule has 2 aromatic rings. The van der Waals surface area contributed by atoms with Gasteiger partial charge in [-0.15, -0.1) is 0 Å². The van der Waals surface area contributed by atoms with E-state index in [9.17, 15) is 9.59 Å². The molecule has 5 heteroatoms. The average Bonchev–Trinajstić information content (AvgIpc) is 2.58. The Morgan fingerprint density at radius 2 is 2.00 bits per heavy atom. The number of rotatable bonds is 3. The molecule has 0 spiro atoms. The van der Waals surface area contributed by atoms with Crippen LogP contribution in [0.5, 0.6) is 0 Å². The summed E-state index contributed by atoms with van der Waals surface area (Å²) in [5, 5.41) is 0. The summed E-state index contributed by atoms with van der Waals surface area (Å²) in [5.74, 6) is -0.0649. The Bertz CT molecular complexity index is 770. The molecule has 0 bridgehead atoms. The molecule has 1 aliphatic heterocycles. The van der Waals surface area contributed by atoms with Crippen molar-refractivity contribution in [1.82, 2.24) is 9.47 Å². The zero-order valence-electron chi connectivity index (χ0n) is 14.0. The van der Waals surface area contributed by atoms with Crippen molar-refractivity contribution >= 4 is 5.91 Å². The van der Waals surface area contributed by atoms with Crippen molar-refractivity contribution in [3.05, 3.63) is 70.1 Å². The van der Waals surface area contributed by atoms with E-state index in [1.165, 1.54) is 4.57 Å². The molecule has 1 fully saturated rings. The van der Waals surface area contributed by atoms with E-state index in [2.05, 4.69) is 0 Å². The van der Waals surface area contributed by atoms with Crippen LogP contribution in [0.4, 0.5) is 0 Å². The Balaban J connectivity index is 1.83. The Kier molecular flexibility index (Phi) is 4.81. The number of aryl methyl sites for hydroxylation is 1. The molecule has 2 heterocycles. The van der Waals surface area contributed by atoms with Crippen LogP contribution in [-0.2, 0) is 16.1 Å². The molecule has 24 heavy (non-hydrogen) atoms. The summed E-state index contributed by atoms with van der Waals surface area (Å²) in [4.78, 5) is 26.7. The van der Waals surface area contributed by atoms with Crippen molar-refractivity contribution in [2.24, 2.45) is 0 Å². The smallest absolute Gasteiger partial charge is 0.251 e. The first-order valence-corrected chi connectivity index (χ1v) is 8.17. The fourth-order valence-electron chi connectivity index (χ4n) is 3.00. The number of hydrogen-bond acceptors (Lipinski definition) is 3. The highest BCUT2D eigenvalue weighted by Gasteiger charge is 2.31. The van der Waals surface area contributed by atoms with Gasteiger partial charge in [0.05, 0.1) is 18.8 Å². The van der Waals surface area contributed by atoms with Crippen molar-refractivity contribution in [2.75, 3.05) is 13.2 Å². The van der Waals surface area contributed by atoms with Crippen molar-refractivity contribution in [1.29, 1.82) is 0 Å². The monoisotopic (exact) mass is 326 g/mol. The van der Waals surface area contributed by atoms with Gasteiger partial charge in [-0.3, -0.25) is 9.59 Å². The van der Waals surface area contributed by atoms with Crippen molar-refractivity contribution in [3.63, 3.8) is 0 Å². The maximum absolute atomic E-state index is 12.8. The van der Waals surface area contributed by atoms with Crippen LogP contribution in [0, 0.1) is 6.92 Å². The topological polar surface area (TPSA) is 51.5 Å². The Morgan fingerprint density at radius 3 is 2.71 bits per heavy atom. The number of amides is 1. The molecule has 0 aliphatic carbocycles. The summed E-state index contributed by atoms with van der Waals surface area (Å²) in [6, 6.07) is 13.1. The third kappa shape index (κ3) is 3.57. The van der Waals surface area contributed by atoms with Gasteiger partial charge in [0, 0.05) is 18.8 Å². The van der Waals surface area contributed by atoms with Crippen LogP contribution in [0.25, 0.3) is 0 Å². The summed E-state index contributed by atoms with van der Waals surface area (Å²) in [5.41, 5.74) is 1.79. The Morgan fingerprint density at radius 1 is 1.25 bits per heavy atom. The molecule has 126 valence electrons. The van der Waals surface area contributed by atoms with Gasteiger partial charge < -0.3 is 14.2 Å². The summed E-state index contributed by atoms with van der Waals surface area (Å²) in [7, 11) is 0. The van der Waals surface area contributed by atoms with E-state index in [0.29, 0.717) is 13.2 Å². The minimum Gasteiger partial charge on any atom is -0.374 e. The van der Waals surface area contributed by atoms with Gasteiger partial charge >= 0.3 is 0 Å². The molecular formula is C19H22N2O3. The third-order valence-corrected chi connectivity index (χ3v) is 4.33. The summed E-state index contributed by atoms with van der Waals surface area (Å²) >= 11 is 0. The van der Waals surface area contributed by atoms with Crippen LogP contribution in [0.1, 0.15) is 24.1 Å². The lowest BCUT2D eigenvalue weighted by Gasteiger charge is -2.39. The minimum atomic E-state index is -0.152. The molecule has 1 aromatic heterocycles. The van der Waals surface area contributed by atoms with E-state index in [1.54, 1.807) is 12.3 Å². The first-order valence-electron chi connectivity index (χ1n) is 8.17. The summed E-state index contributed by atoms with van der Waals surface area (Å²) in [6.07, 6.45) is 1.67. The van der Waals surface area contributed by atoms with E-state index in [0.717, 1.165) is 11.1 Å². The molecule has 1 aliphatic rings. The zero-order valence-corrected chi connectivity index (χ0v) is 14.0. The quantitative estimate of drug-likeness (QED) is 0.868. The highest BCUT2D eigenvalue weighted by Crippen LogP contribution is 2.26. The number of carbonyl (C=O) groups is 1. The maximum Gasteiger partial charge on any atom is 0.251 e. The van der Waals surface area contributed by atoms with Crippen LogP contribution in [0.2, 0.25) is 0 Å². The van der Waals surface area contributed by atoms with Gasteiger partial charge in [0.1, 0.15) is 6.54 Å². The summed E-state index contributed by atoms with van der Waals surface area (Å²) < 4.78 is 7.21. The second kappa shape index (κ2) is 7.01. The molecule has 2 atom stereocenters. The van der Waals surface area contributed by atoms with Crippen molar-refractivity contribution in [3.8, 4) is 0 Å². The number of hydrogen-bond donors (Lipinski definition) is 0. The predicted molar refractivity (Wildman–Crippen MR) is 91.7 cm³/mol. The second-order valence-electron chi connectivity index (χ2n) is 6.29. The largest absolute Gasteiger partial charge is 0.374 e. The van der Waals surface area contributed by atoms with E-state index >= 15 is 0 Å². The molecule has 3 rings (SSSR count). The third-order valence-electron chi connectivity index (χ3n) is 4.33. The van der Waals surface area contributed by atoms with E-state index < -0.39 is 0 Å². The predicted octanol–water partition coefficient (Wildman–Crippen LogP) is 2.15. The number of nitrogens with zero attached hydrogens (tertiary/aromatic N) is 2. The van der Waals surface area contributed by atoms with Gasteiger partial charge in [-0.05, 0) is 31.0 Å². The number of ether oxygens (including phenoxy) is 1. The molecular weight excluding hydrogens is 304 g/mol. The van der Waals surface area contributed by atoms with E-state index in [1.807, 2.05) is 55.1 Å². The van der Waals surface area contributed by atoms with Crippen molar-refractivity contribution in [2.45, 2.75) is 32.5 Å². The van der Waals surface area contributed by atoms with Crippen LogP contribution < -0.4 is 5.56 Å². The maximum atomic E-state index is 12.8.